The first-order chi connectivity index (χ1) is 18.9. The second-order valence-corrected chi connectivity index (χ2v) is 16.9. The maximum Gasteiger partial charge on any atom is 0.302 e. The van der Waals surface area contributed by atoms with Crippen LogP contribution in [0.15, 0.2) is 72.8 Å². The van der Waals surface area contributed by atoms with E-state index in [4.69, 9.17) is 18.6 Å². The molecule has 4 atom stereocenters. The number of aliphatic hydroxyl groups is 1. The Morgan fingerprint density at radius 3 is 2.17 bits per heavy atom. The molecule has 2 aromatic carbocycles. The van der Waals surface area contributed by atoms with Crippen LogP contribution in [0.4, 0.5) is 0 Å². The Bertz CT molecular complexity index is 1090. The fraction of sp³-hybridized carbons (Fsp3) is 0.545. The number of rotatable bonds is 10. The van der Waals surface area contributed by atoms with Crippen LogP contribution in [0.5, 0.6) is 0 Å². The molecular formula is C33H46O6Si. The van der Waals surface area contributed by atoms with Crippen molar-refractivity contribution in [3.63, 3.8) is 0 Å². The molecule has 2 aromatic rings. The number of hydrogen-bond acceptors (Lipinski definition) is 6. The lowest BCUT2D eigenvalue weighted by atomic mass is 9.94. The molecule has 2 aliphatic rings. The molecule has 0 saturated carbocycles. The van der Waals surface area contributed by atoms with Crippen LogP contribution in [-0.4, -0.2) is 56.2 Å². The van der Waals surface area contributed by atoms with Crippen molar-refractivity contribution in [2.75, 3.05) is 13.2 Å². The standard InChI is InChI=1S/C33H46O6Si/c1-26(34)36-25-32(5,35)23-20-27-14-12-21-33(38-27)22-13-15-28(39-33)24-37-40(31(2,3)4,29-16-8-6-9-17-29)30-18-10-7-11-19-30/h6-12,16-19,21,27-28,35H,13-15,20,22-25H2,1-5H3/t27-,28-,32?,33-/m0/s1. The van der Waals surface area contributed by atoms with E-state index < -0.39 is 25.7 Å². The summed E-state index contributed by atoms with van der Waals surface area (Å²) in [6, 6.07) is 21.4. The Labute approximate surface area is 240 Å². The summed E-state index contributed by atoms with van der Waals surface area (Å²) in [4.78, 5) is 11.2. The summed E-state index contributed by atoms with van der Waals surface area (Å²) in [6.45, 7) is 10.4. The highest BCUT2D eigenvalue weighted by Gasteiger charge is 2.51. The van der Waals surface area contributed by atoms with Crippen LogP contribution < -0.4 is 10.4 Å². The number of benzene rings is 2. The smallest absolute Gasteiger partial charge is 0.302 e. The van der Waals surface area contributed by atoms with E-state index in [0.717, 1.165) is 25.7 Å². The monoisotopic (exact) mass is 566 g/mol. The fourth-order valence-corrected chi connectivity index (χ4v) is 10.6. The predicted octanol–water partition coefficient (Wildman–Crippen LogP) is 5.27. The van der Waals surface area contributed by atoms with E-state index in [-0.39, 0.29) is 23.9 Å². The first kappa shape index (κ1) is 30.7. The van der Waals surface area contributed by atoms with Crippen molar-refractivity contribution in [1.82, 2.24) is 0 Å². The van der Waals surface area contributed by atoms with Gasteiger partial charge < -0.3 is 23.7 Å². The van der Waals surface area contributed by atoms with Crippen LogP contribution >= 0.6 is 0 Å². The second-order valence-electron chi connectivity index (χ2n) is 12.6. The number of esters is 1. The highest BCUT2D eigenvalue weighted by molar-refractivity contribution is 6.99. The summed E-state index contributed by atoms with van der Waals surface area (Å²) in [5, 5.41) is 13.1. The quantitative estimate of drug-likeness (QED) is 0.240. The van der Waals surface area contributed by atoms with E-state index in [1.165, 1.54) is 17.3 Å². The number of hydrogen-bond donors (Lipinski definition) is 1. The van der Waals surface area contributed by atoms with E-state index in [9.17, 15) is 9.90 Å². The minimum atomic E-state index is -2.66. The maximum atomic E-state index is 11.2. The number of carbonyl (C=O) groups is 1. The Kier molecular flexibility index (Phi) is 9.73. The van der Waals surface area contributed by atoms with Gasteiger partial charge in [0.1, 0.15) is 6.61 Å². The Morgan fingerprint density at radius 1 is 1.00 bits per heavy atom. The van der Waals surface area contributed by atoms with Gasteiger partial charge in [-0.05, 0) is 60.5 Å². The highest BCUT2D eigenvalue weighted by Crippen LogP contribution is 2.40. The van der Waals surface area contributed by atoms with Gasteiger partial charge in [-0.25, -0.2) is 0 Å². The molecule has 0 amide bonds. The van der Waals surface area contributed by atoms with Gasteiger partial charge in [0.05, 0.1) is 24.4 Å². The third-order valence-corrected chi connectivity index (χ3v) is 13.1. The van der Waals surface area contributed by atoms with Crippen LogP contribution in [0.3, 0.4) is 0 Å². The van der Waals surface area contributed by atoms with Crippen LogP contribution in [0.1, 0.15) is 73.1 Å². The van der Waals surface area contributed by atoms with E-state index in [1.807, 2.05) is 0 Å². The van der Waals surface area contributed by atoms with Gasteiger partial charge in [-0.2, -0.15) is 0 Å². The summed E-state index contributed by atoms with van der Waals surface area (Å²) >= 11 is 0. The molecule has 1 N–H and O–H groups in total. The summed E-state index contributed by atoms with van der Waals surface area (Å²) < 4.78 is 25.5. The molecule has 0 aliphatic carbocycles. The molecule has 1 spiro atoms. The third kappa shape index (κ3) is 7.31. The van der Waals surface area contributed by atoms with Crippen LogP contribution in [0, 0.1) is 0 Å². The Hall–Kier alpha value is -2.29. The van der Waals surface area contributed by atoms with E-state index >= 15 is 0 Å². The number of carbonyl (C=O) groups excluding carboxylic acids is 1. The van der Waals surface area contributed by atoms with Crippen molar-refractivity contribution in [2.24, 2.45) is 0 Å². The molecule has 218 valence electrons. The topological polar surface area (TPSA) is 74.2 Å². The highest BCUT2D eigenvalue weighted by atomic mass is 28.4. The zero-order valence-electron chi connectivity index (χ0n) is 24.7. The van der Waals surface area contributed by atoms with Crippen molar-refractivity contribution in [3.8, 4) is 0 Å². The molecule has 1 unspecified atom stereocenters. The van der Waals surface area contributed by atoms with Gasteiger partial charge in [0.25, 0.3) is 8.32 Å². The average Bonchev–Trinajstić information content (AvgIpc) is 2.92. The van der Waals surface area contributed by atoms with Crippen LogP contribution in [0.25, 0.3) is 0 Å². The normalized spacial score (nSPS) is 24.9. The van der Waals surface area contributed by atoms with Gasteiger partial charge >= 0.3 is 5.97 Å². The minimum Gasteiger partial charge on any atom is -0.463 e. The summed E-state index contributed by atoms with van der Waals surface area (Å²) in [7, 11) is -2.66. The van der Waals surface area contributed by atoms with Crippen LogP contribution in [0.2, 0.25) is 5.04 Å². The van der Waals surface area contributed by atoms with Gasteiger partial charge in [0, 0.05) is 13.3 Å². The molecule has 2 aliphatic heterocycles. The Balaban J connectivity index is 1.47. The largest absolute Gasteiger partial charge is 0.463 e. The molecule has 1 saturated heterocycles. The third-order valence-electron chi connectivity index (χ3n) is 8.05. The molecule has 6 nitrogen and oxygen atoms in total. The van der Waals surface area contributed by atoms with E-state index in [0.29, 0.717) is 19.4 Å². The van der Waals surface area contributed by atoms with Crippen molar-refractivity contribution >= 4 is 24.7 Å². The van der Waals surface area contributed by atoms with Crippen molar-refractivity contribution in [1.29, 1.82) is 0 Å². The Morgan fingerprint density at radius 2 is 1.60 bits per heavy atom. The molecule has 2 heterocycles. The molecule has 1 fully saturated rings. The SMILES string of the molecule is CC(=O)OCC(C)(O)CC[C@@H]1CC=C[C@]2(CCC[C@@H](CO[Si](c3ccccc3)(c3ccccc3)C(C)(C)C)O2)O1. The van der Waals surface area contributed by atoms with Gasteiger partial charge in [-0.3, -0.25) is 4.79 Å². The minimum absolute atomic E-state index is 0.0197. The molecule has 0 bridgehead atoms. The summed E-state index contributed by atoms with van der Waals surface area (Å²) in [5.74, 6) is -1.17. The first-order valence-corrected chi connectivity index (χ1v) is 16.5. The van der Waals surface area contributed by atoms with E-state index in [1.54, 1.807) is 6.92 Å². The van der Waals surface area contributed by atoms with Crippen molar-refractivity contribution < 1.29 is 28.5 Å². The zero-order valence-corrected chi connectivity index (χ0v) is 25.7. The predicted molar refractivity (Wildman–Crippen MR) is 160 cm³/mol. The van der Waals surface area contributed by atoms with Gasteiger partial charge in [0.15, 0.2) is 5.79 Å². The van der Waals surface area contributed by atoms with Gasteiger partial charge in [-0.15, -0.1) is 0 Å². The van der Waals surface area contributed by atoms with Crippen molar-refractivity contribution in [2.45, 2.75) is 102 Å². The molecule has 0 radical (unpaired) electrons. The molecule has 0 aromatic heterocycles. The maximum absolute atomic E-state index is 11.2. The second kappa shape index (κ2) is 12.7. The molecular weight excluding hydrogens is 520 g/mol. The van der Waals surface area contributed by atoms with Gasteiger partial charge in [-0.1, -0.05) is 87.5 Å². The van der Waals surface area contributed by atoms with Crippen molar-refractivity contribution in [3.05, 3.63) is 72.8 Å². The zero-order chi connectivity index (χ0) is 28.9. The lowest BCUT2D eigenvalue weighted by Gasteiger charge is -2.46. The first-order valence-electron chi connectivity index (χ1n) is 14.6. The molecule has 40 heavy (non-hydrogen) atoms. The fourth-order valence-electron chi connectivity index (χ4n) is 6.03. The molecule has 4 rings (SSSR count). The van der Waals surface area contributed by atoms with Crippen LogP contribution in [-0.2, 0) is 23.4 Å². The molecule has 7 heteroatoms. The lowest BCUT2D eigenvalue weighted by molar-refractivity contribution is -0.278. The van der Waals surface area contributed by atoms with E-state index in [2.05, 4.69) is 93.6 Å². The summed E-state index contributed by atoms with van der Waals surface area (Å²) in [5.41, 5.74) is -1.09. The number of ether oxygens (including phenoxy) is 3. The average molecular weight is 567 g/mol. The van der Waals surface area contributed by atoms with Gasteiger partial charge in [0.2, 0.25) is 0 Å². The lowest BCUT2D eigenvalue weighted by Crippen LogP contribution is -2.67. The summed E-state index contributed by atoms with van der Waals surface area (Å²) in [6.07, 6.45) is 8.60.